The molecule has 0 saturated carbocycles. The third-order valence-electron chi connectivity index (χ3n) is 5.98. The molecule has 1 aliphatic heterocycles. The van der Waals surface area contributed by atoms with Crippen molar-refractivity contribution in [3.8, 4) is 16.9 Å². The van der Waals surface area contributed by atoms with Crippen LogP contribution in [0.25, 0.3) is 22.1 Å². The largest absolute Gasteiger partial charge is 0.478 e. The van der Waals surface area contributed by atoms with Crippen LogP contribution in [0.4, 0.5) is 10.2 Å². The van der Waals surface area contributed by atoms with Gasteiger partial charge in [-0.2, -0.15) is 5.10 Å². The maximum absolute atomic E-state index is 14.0. The van der Waals surface area contributed by atoms with Gasteiger partial charge < -0.3 is 20.2 Å². The zero-order valence-corrected chi connectivity index (χ0v) is 24.2. The Balaban J connectivity index is 0.00000171. The minimum atomic E-state index is -0.702. The van der Waals surface area contributed by atoms with Crippen molar-refractivity contribution < 1.29 is 13.5 Å². The van der Waals surface area contributed by atoms with E-state index in [1.165, 1.54) is 12.1 Å². The Morgan fingerprint density at radius 2 is 1.86 bits per heavy atom. The maximum Gasteiger partial charge on any atom is 0.205 e. The quantitative estimate of drug-likeness (QED) is 0.221. The number of pyridine rings is 1. The van der Waals surface area contributed by atoms with Crippen molar-refractivity contribution in [3.05, 3.63) is 58.4 Å². The Bertz CT molecular complexity index is 1330. The summed E-state index contributed by atoms with van der Waals surface area (Å²) in [6, 6.07) is 3.01. The molecular weight excluding hydrogens is 610 g/mol. The number of benzene rings is 1. The second-order valence-corrected chi connectivity index (χ2v) is 8.86. The number of nitrogens with zero attached hydrogens (tertiary/aromatic N) is 3. The second kappa shape index (κ2) is 13.9. The third kappa shape index (κ3) is 6.50. The molecule has 7 nitrogen and oxygen atoms in total. The van der Waals surface area contributed by atoms with E-state index in [1.54, 1.807) is 19.4 Å². The summed E-state index contributed by atoms with van der Waals surface area (Å²) in [5, 5.41) is 8.85. The lowest BCUT2D eigenvalue weighted by Crippen LogP contribution is -2.29. The van der Waals surface area contributed by atoms with Crippen molar-refractivity contribution in [1.82, 2.24) is 20.1 Å². The first-order valence-corrected chi connectivity index (χ1v) is 11.4. The predicted molar refractivity (Wildman–Crippen MR) is 155 cm³/mol. The fourth-order valence-corrected chi connectivity index (χ4v) is 4.89. The van der Waals surface area contributed by atoms with Gasteiger partial charge in [0.25, 0.3) is 0 Å². The Labute approximate surface area is 248 Å². The summed E-state index contributed by atoms with van der Waals surface area (Å²) in [7, 11) is 0. The first-order chi connectivity index (χ1) is 15.9. The number of hydrogen-bond acceptors (Lipinski definition) is 6. The lowest BCUT2D eigenvalue weighted by atomic mass is 10.1. The molecule has 0 bridgehead atoms. The monoisotopic (exact) mass is 633 g/mol. The van der Waals surface area contributed by atoms with Crippen molar-refractivity contribution in [2.45, 2.75) is 31.9 Å². The molecule has 1 saturated heterocycles. The second-order valence-electron chi connectivity index (χ2n) is 8.07. The molecule has 0 unspecified atom stereocenters. The number of furan rings is 1. The van der Waals surface area contributed by atoms with Gasteiger partial charge in [0, 0.05) is 34.1 Å². The van der Waals surface area contributed by atoms with Gasteiger partial charge in [0.1, 0.15) is 18.2 Å². The number of halogens is 7. The summed E-state index contributed by atoms with van der Waals surface area (Å²) in [5.41, 5.74) is 8.61. The number of hydrogen-bond donors (Lipinski definition) is 2. The van der Waals surface area contributed by atoms with Crippen molar-refractivity contribution in [2.24, 2.45) is 0 Å². The van der Waals surface area contributed by atoms with Crippen molar-refractivity contribution in [1.29, 1.82) is 0 Å². The highest BCUT2D eigenvalue weighted by Gasteiger charge is 2.24. The average molecular weight is 636 g/mol. The molecule has 0 amide bonds. The van der Waals surface area contributed by atoms with E-state index >= 15 is 0 Å². The van der Waals surface area contributed by atoms with Gasteiger partial charge in [-0.25, -0.2) is 9.37 Å². The highest BCUT2D eigenvalue weighted by atomic mass is 35.5. The minimum absolute atomic E-state index is 0. The average Bonchev–Trinajstić information content (AvgIpc) is 3.46. The van der Waals surface area contributed by atoms with E-state index < -0.39 is 11.9 Å². The molecule has 4 heterocycles. The molecule has 1 atom stereocenters. The van der Waals surface area contributed by atoms with E-state index in [-0.39, 0.29) is 71.2 Å². The lowest BCUT2D eigenvalue weighted by Gasteiger charge is -2.22. The van der Waals surface area contributed by atoms with Crippen LogP contribution in [0.1, 0.15) is 37.5 Å². The number of fused-ring (bicyclic) bond motifs is 1. The Hall–Kier alpha value is -1.65. The molecule has 0 aliphatic carbocycles. The SMILES string of the molecule is C[C@@H](Oc1c(N)ncc2c(-c3cnn(C4CCNCC4)c3)coc12)c1c(Cl)ccc(F)c1Cl.Cl.Cl.Cl.Cl. The summed E-state index contributed by atoms with van der Waals surface area (Å²) in [6.07, 6.45) is 8.48. The van der Waals surface area contributed by atoms with E-state index in [2.05, 4.69) is 15.4 Å². The maximum atomic E-state index is 14.0. The van der Waals surface area contributed by atoms with Crippen molar-refractivity contribution >= 4 is 89.6 Å². The van der Waals surface area contributed by atoms with E-state index in [0.717, 1.165) is 42.4 Å². The summed E-state index contributed by atoms with van der Waals surface area (Å²) in [4.78, 5) is 4.29. The number of nitrogens with two attached hydrogens (primary N) is 1. The van der Waals surface area contributed by atoms with Crippen LogP contribution in [0.15, 0.2) is 41.4 Å². The van der Waals surface area contributed by atoms with Gasteiger partial charge in [0.15, 0.2) is 11.4 Å². The van der Waals surface area contributed by atoms with Gasteiger partial charge in [-0.3, -0.25) is 4.68 Å². The number of nitrogens with one attached hydrogen (secondary N) is 1. The molecule has 204 valence electrons. The van der Waals surface area contributed by atoms with Crippen LogP contribution < -0.4 is 15.8 Å². The minimum Gasteiger partial charge on any atom is -0.478 e. The number of nitrogen functional groups attached to an aromatic ring is 1. The molecule has 14 heteroatoms. The third-order valence-corrected chi connectivity index (χ3v) is 6.69. The van der Waals surface area contributed by atoms with Crippen molar-refractivity contribution in [2.75, 3.05) is 18.8 Å². The van der Waals surface area contributed by atoms with Crippen molar-refractivity contribution in [3.63, 3.8) is 0 Å². The summed E-state index contributed by atoms with van der Waals surface area (Å²) < 4.78 is 27.9. The first-order valence-electron chi connectivity index (χ1n) is 10.6. The molecule has 1 aliphatic rings. The predicted octanol–water partition coefficient (Wildman–Crippen LogP) is 7.47. The van der Waals surface area contributed by atoms with Gasteiger partial charge in [0.2, 0.25) is 5.75 Å². The zero-order valence-electron chi connectivity index (χ0n) is 19.4. The van der Waals surface area contributed by atoms with Crippen LogP contribution in [0.3, 0.4) is 0 Å². The molecule has 37 heavy (non-hydrogen) atoms. The lowest BCUT2D eigenvalue weighted by molar-refractivity contribution is 0.227. The van der Waals surface area contributed by atoms with E-state index in [4.69, 9.17) is 38.1 Å². The normalized spacial score (nSPS) is 14.1. The van der Waals surface area contributed by atoms with Gasteiger partial charge in [0.05, 0.1) is 22.6 Å². The molecule has 3 aromatic heterocycles. The number of aromatic nitrogens is 3. The van der Waals surface area contributed by atoms with Crippen LogP contribution in [-0.2, 0) is 0 Å². The fourth-order valence-electron chi connectivity index (χ4n) is 4.22. The standard InChI is InChI=1S/C23H22Cl2FN5O2.4ClH/c1-12(19-17(24)2-3-18(26)20(19)25)33-22-21-15(9-29-23(22)27)16(11-32-21)13-8-30-31(10-13)14-4-6-28-7-5-14;;;;/h2-3,8-12,14,28H,4-7H2,1H3,(H2,27,29);4*1H/t12-;;;;/m1..../s1. The molecule has 4 aromatic rings. The zero-order chi connectivity index (χ0) is 23.1. The number of anilines is 1. The molecule has 5 rings (SSSR count). The summed E-state index contributed by atoms with van der Waals surface area (Å²) in [5.74, 6) is -0.195. The van der Waals surface area contributed by atoms with E-state index in [1.807, 2.05) is 17.1 Å². The van der Waals surface area contributed by atoms with Gasteiger partial charge in [-0.1, -0.05) is 23.2 Å². The van der Waals surface area contributed by atoms with Gasteiger partial charge in [-0.05, 0) is 45.0 Å². The first kappa shape index (κ1) is 33.4. The summed E-state index contributed by atoms with van der Waals surface area (Å²) >= 11 is 12.4. The highest BCUT2D eigenvalue weighted by molar-refractivity contribution is 6.36. The molecule has 3 N–H and O–H groups in total. The van der Waals surface area contributed by atoms with Crippen LogP contribution >= 0.6 is 72.8 Å². The Kier molecular flexibility index (Phi) is 12.6. The van der Waals surface area contributed by atoms with Crippen LogP contribution in [0.2, 0.25) is 10.0 Å². The highest BCUT2D eigenvalue weighted by Crippen LogP contribution is 2.41. The van der Waals surface area contributed by atoms with Crippen LogP contribution in [-0.4, -0.2) is 27.9 Å². The number of rotatable bonds is 5. The fraction of sp³-hybridized carbons (Fsp3) is 0.304. The van der Waals surface area contributed by atoms with Crippen LogP contribution in [0.5, 0.6) is 5.75 Å². The smallest absolute Gasteiger partial charge is 0.205 e. The van der Waals surface area contributed by atoms with Crippen LogP contribution in [0, 0.1) is 5.82 Å². The Morgan fingerprint density at radius 1 is 1.16 bits per heavy atom. The summed E-state index contributed by atoms with van der Waals surface area (Å²) in [6.45, 7) is 3.67. The van der Waals surface area contributed by atoms with E-state index in [0.29, 0.717) is 17.2 Å². The van der Waals surface area contributed by atoms with E-state index in [9.17, 15) is 4.39 Å². The molecule has 0 radical (unpaired) electrons. The Morgan fingerprint density at radius 3 is 2.57 bits per heavy atom. The molecular formula is C23H26Cl6FN5O2. The topological polar surface area (TPSA) is 91.1 Å². The van der Waals surface area contributed by atoms with Gasteiger partial charge in [-0.15, -0.1) is 49.6 Å². The molecule has 1 aromatic carbocycles. The van der Waals surface area contributed by atoms with Gasteiger partial charge >= 0.3 is 0 Å². The number of piperidine rings is 1. The molecule has 1 fully saturated rings. The molecule has 0 spiro atoms. The number of ether oxygens (including phenoxy) is 1.